The van der Waals surface area contributed by atoms with E-state index in [1.807, 2.05) is 4.90 Å². The lowest BCUT2D eigenvalue weighted by Gasteiger charge is -2.26. The first kappa shape index (κ1) is 14.6. The maximum atomic E-state index is 12.5. The number of carbonyl (C=O) groups excluding carboxylic acids is 1. The Bertz CT molecular complexity index is 503. The van der Waals surface area contributed by atoms with Gasteiger partial charge in [0.2, 0.25) is 0 Å². The predicted octanol–water partition coefficient (Wildman–Crippen LogP) is 2.23. The fourth-order valence-electron chi connectivity index (χ4n) is 2.99. The average molecular weight is 278 g/mol. The molecule has 2 rings (SSSR count). The van der Waals surface area contributed by atoms with Gasteiger partial charge in [0.15, 0.2) is 0 Å². The molecular formula is C15H22N2O3. The first-order chi connectivity index (χ1) is 9.51. The van der Waals surface area contributed by atoms with E-state index in [2.05, 4.69) is 13.8 Å². The number of carboxylic acids is 1. The normalized spacial score (nSPS) is 17.4. The van der Waals surface area contributed by atoms with E-state index >= 15 is 0 Å². The van der Waals surface area contributed by atoms with Gasteiger partial charge in [-0.15, -0.1) is 0 Å². The number of hydrogen-bond acceptors (Lipinski definition) is 2. The molecule has 1 aliphatic rings. The molecule has 0 spiro atoms. The second-order valence-corrected chi connectivity index (χ2v) is 5.60. The van der Waals surface area contributed by atoms with Crippen molar-refractivity contribution < 1.29 is 14.7 Å². The number of hydrogen-bond donors (Lipinski definition) is 1. The highest BCUT2D eigenvalue weighted by atomic mass is 16.4. The van der Waals surface area contributed by atoms with Gasteiger partial charge in [0.25, 0.3) is 5.91 Å². The molecule has 20 heavy (non-hydrogen) atoms. The van der Waals surface area contributed by atoms with Gasteiger partial charge in [0, 0.05) is 19.3 Å². The molecule has 1 aromatic rings. The minimum absolute atomic E-state index is 0.0555. The van der Waals surface area contributed by atoms with E-state index in [0.717, 1.165) is 32.4 Å². The third-order valence-electron chi connectivity index (χ3n) is 4.58. The molecule has 2 heterocycles. The summed E-state index contributed by atoms with van der Waals surface area (Å²) in [7, 11) is 0. The summed E-state index contributed by atoms with van der Waals surface area (Å²) in [5, 5.41) is 8.87. The lowest BCUT2D eigenvalue weighted by Crippen LogP contribution is -2.33. The lowest BCUT2D eigenvalue weighted by atomic mass is 9.82. The van der Waals surface area contributed by atoms with Crippen LogP contribution in [0.4, 0.5) is 0 Å². The second kappa shape index (κ2) is 5.69. The second-order valence-electron chi connectivity index (χ2n) is 5.60. The summed E-state index contributed by atoms with van der Waals surface area (Å²) in [6.45, 7) is 5.71. The molecule has 0 saturated carbocycles. The fraction of sp³-hybridized carbons (Fsp3) is 0.600. The summed E-state index contributed by atoms with van der Waals surface area (Å²) >= 11 is 0. The predicted molar refractivity (Wildman–Crippen MR) is 75.6 cm³/mol. The molecule has 5 nitrogen and oxygen atoms in total. The molecular weight excluding hydrogens is 256 g/mol. The molecule has 1 aliphatic heterocycles. The molecule has 0 bridgehead atoms. The number of amides is 1. The molecule has 1 saturated heterocycles. The first-order valence-corrected chi connectivity index (χ1v) is 7.17. The molecule has 1 aromatic heterocycles. The van der Waals surface area contributed by atoms with Gasteiger partial charge in [0.05, 0.1) is 0 Å². The number of carboxylic acid groups (broad SMARTS) is 1. The van der Waals surface area contributed by atoms with Crippen LogP contribution in [0.2, 0.25) is 0 Å². The first-order valence-electron chi connectivity index (χ1n) is 7.17. The van der Waals surface area contributed by atoms with Gasteiger partial charge in [-0.3, -0.25) is 9.59 Å². The van der Waals surface area contributed by atoms with E-state index in [0.29, 0.717) is 5.69 Å². The van der Waals surface area contributed by atoms with Crippen LogP contribution < -0.4 is 0 Å². The summed E-state index contributed by atoms with van der Waals surface area (Å²) < 4.78 is 1.50. The standard InChI is InChI=1S/C15H22N2O3/c1-3-15(4-2)7-9-17(11-15)14(20)12-6-5-8-16(12)10-13(18)19/h5-6,8H,3-4,7,9-11H2,1-2H3,(H,18,19). The van der Waals surface area contributed by atoms with Gasteiger partial charge in [-0.1, -0.05) is 13.8 Å². The highest BCUT2D eigenvalue weighted by Gasteiger charge is 2.37. The Morgan fingerprint density at radius 3 is 2.60 bits per heavy atom. The monoisotopic (exact) mass is 278 g/mol. The number of likely N-dealkylation sites (tertiary alicyclic amines) is 1. The molecule has 110 valence electrons. The maximum Gasteiger partial charge on any atom is 0.323 e. The van der Waals surface area contributed by atoms with E-state index in [4.69, 9.17) is 5.11 Å². The zero-order valence-corrected chi connectivity index (χ0v) is 12.1. The van der Waals surface area contributed by atoms with E-state index in [-0.39, 0.29) is 17.9 Å². The van der Waals surface area contributed by atoms with Crippen LogP contribution in [-0.2, 0) is 11.3 Å². The quantitative estimate of drug-likeness (QED) is 0.898. The zero-order valence-electron chi connectivity index (χ0n) is 12.1. The van der Waals surface area contributed by atoms with Gasteiger partial charge < -0.3 is 14.6 Å². The number of nitrogens with zero attached hydrogens (tertiary/aromatic N) is 2. The van der Waals surface area contributed by atoms with Crippen molar-refractivity contribution in [3.05, 3.63) is 24.0 Å². The molecule has 0 aliphatic carbocycles. The van der Waals surface area contributed by atoms with Gasteiger partial charge >= 0.3 is 5.97 Å². The van der Waals surface area contributed by atoms with Crippen molar-refractivity contribution in [3.63, 3.8) is 0 Å². The van der Waals surface area contributed by atoms with Crippen LogP contribution in [0.3, 0.4) is 0 Å². The van der Waals surface area contributed by atoms with Gasteiger partial charge in [-0.25, -0.2) is 0 Å². The van der Waals surface area contributed by atoms with Gasteiger partial charge in [-0.2, -0.15) is 0 Å². The minimum atomic E-state index is -0.937. The third kappa shape index (κ3) is 2.71. The fourth-order valence-corrected chi connectivity index (χ4v) is 2.99. The molecule has 0 aromatic carbocycles. The Kier molecular flexibility index (Phi) is 4.16. The van der Waals surface area contributed by atoms with Crippen LogP contribution in [-0.4, -0.2) is 39.5 Å². The molecule has 1 amide bonds. The van der Waals surface area contributed by atoms with Crippen LogP contribution in [0.15, 0.2) is 18.3 Å². The molecule has 1 N–H and O–H groups in total. The molecule has 5 heteroatoms. The Morgan fingerprint density at radius 2 is 2.05 bits per heavy atom. The van der Waals surface area contributed by atoms with Crippen molar-refractivity contribution in [3.8, 4) is 0 Å². The zero-order chi connectivity index (χ0) is 14.8. The number of aromatic nitrogens is 1. The summed E-state index contributed by atoms with van der Waals surface area (Å²) in [6.07, 6.45) is 4.82. The van der Waals surface area contributed by atoms with Gasteiger partial charge in [-0.05, 0) is 36.8 Å². The van der Waals surface area contributed by atoms with E-state index in [1.165, 1.54) is 4.57 Å². The molecule has 1 fully saturated rings. The van der Waals surface area contributed by atoms with Gasteiger partial charge in [0.1, 0.15) is 12.2 Å². The highest BCUT2D eigenvalue weighted by molar-refractivity contribution is 5.93. The van der Waals surface area contributed by atoms with E-state index < -0.39 is 5.97 Å². The summed E-state index contributed by atoms with van der Waals surface area (Å²) in [5.74, 6) is -0.992. The van der Waals surface area contributed by atoms with Crippen LogP contribution >= 0.6 is 0 Å². The lowest BCUT2D eigenvalue weighted by molar-refractivity contribution is -0.137. The number of aliphatic carboxylic acids is 1. The Balaban J connectivity index is 2.13. The van der Waals surface area contributed by atoms with Crippen molar-refractivity contribution in [1.82, 2.24) is 9.47 Å². The van der Waals surface area contributed by atoms with E-state index in [9.17, 15) is 9.59 Å². The van der Waals surface area contributed by atoms with Crippen LogP contribution in [0, 0.1) is 5.41 Å². The highest BCUT2D eigenvalue weighted by Crippen LogP contribution is 2.37. The van der Waals surface area contributed by atoms with Crippen molar-refractivity contribution >= 4 is 11.9 Å². The summed E-state index contributed by atoms with van der Waals surface area (Å²) in [4.78, 5) is 25.2. The van der Waals surface area contributed by atoms with Crippen molar-refractivity contribution in [1.29, 1.82) is 0 Å². The Morgan fingerprint density at radius 1 is 1.35 bits per heavy atom. The van der Waals surface area contributed by atoms with Crippen molar-refractivity contribution in [2.75, 3.05) is 13.1 Å². The minimum Gasteiger partial charge on any atom is -0.480 e. The third-order valence-corrected chi connectivity index (χ3v) is 4.58. The van der Waals surface area contributed by atoms with Crippen LogP contribution in [0.25, 0.3) is 0 Å². The summed E-state index contributed by atoms with van der Waals surface area (Å²) in [6, 6.07) is 3.42. The maximum absolute atomic E-state index is 12.5. The largest absolute Gasteiger partial charge is 0.480 e. The van der Waals surface area contributed by atoms with Crippen LogP contribution in [0.5, 0.6) is 0 Å². The average Bonchev–Trinajstić information content (AvgIpc) is 3.04. The number of rotatable bonds is 5. The molecule has 0 radical (unpaired) electrons. The van der Waals surface area contributed by atoms with Crippen molar-refractivity contribution in [2.24, 2.45) is 5.41 Å². The smallest absolute Gasteiger partial charge is 0.323 e. The van der Waals surface area contributed by atoms with Crippen molar-refractivity contribution in [2.45, 2.75) is 39.7 Å². The Hall–Kier alpha value is -1.78. The van der Waals surface area contributed by atoms with E-state index in [1.54, 1.807) is 18.3 Å². The van der Waals surface area contributed by atoms with Crippen LogP contribution in [0.1, 0.15) is 43.6 Å². The SMILES string of the molecule is CCC1(CC)CCN(C(=O)c2cccn2CC(=O)O)C1. The molecule has 0 atom stereocenters. The number of carbonyl (C=O) groups is 2. The summed E-state index contributed by atoms with van der Waals surface area (Å²) in [5.41, 5.74) is 0.704. The molecule has 0 unspecified atom stereocenters. The topological polar surface area (TPSA) is 62.5 Å². The Labute approximate surface area is 119 Å².